The Labute approximate surface area is 243 Å². The number of benzene rings is 2. The van der Waals surface area contributed by atoms with Crippen LogP contribution in [0.1, 0.15) is 64.0 Å². The Hall–Kier alpha value is -3.36. The summed E-state index contributed by atoms with van der Waals surface area (Å²) in [6, 6.07) is 13.6. The van der Waals surface area contributed by atoms with Crippen molar-refractivity contribution in [2.24, 2.45) is 23.0 Å². The van der Waals surface area contributed by atoms with Gasteiger partial charge in [0.15, 0.2) is 11.5 Å². The van der Waals surface area contributed by atoms with Gasteiger partial charge in [-0.3, -0.25) is 14.5 Å². The van der Waals surface area contributed by atoms with E-state index in [1.54, 1.807) is 0 Å². The van der Waals surface area contributed by atoms with Crippen molar-refractivity contribution in [3.8, 4) is 11.5 Å². The molecule has 1 saturated heterocycles. The molecule has 8 heteroatoms. The van der Waals surface area contributed by atoms with Crippen LogP contribution < -0.4 is 20.1 Å². The molecule has 4 atom stereocenters. The Balaban J connectivity index is 1.51. The third kappa shape index (κ3) is 5.35. The Kier molecular flexibility index (Phi) is 8.17. The van der Waals surface area contributed by atoms with E-state index in [2.05, 4.69) is 31.7 Å². The van der Waals surface area contributed by atoms with Gasteiger partial charge >= 0.3 is 5.97 Å². The first-order valence-electron chi connectivity index (χ1n) is 14.8. The molecule has 2 heterocycles. The van der Waals surface area contributed by atoms with Gasteiger partial charge in [-0.1, -0.05) is 57.5 Å². The van der Waals surface area contributed by atoms with Crippen molar-refractivity contribution >= 4 is 17.6 Å². The average molecular weight is 562 g/mol. The zero-order chi connectivity index (χ0) is 29.4. The number of carboxylic acids is 1. The van der Waals surface area contributed by atoms with Crippen LogP contribution in [0, 0.1) is 17.3 Å². The number of amides is 1. The van der Waals surface area contributed by atoms with Gasteiger partial charge in [0, 0.05) is 36.8 Å². The number of hydrogen-bond donors (Lipinski definition) is 2. The first-order chi connectivity index (χ1) is 19.7. The van der Waals surface area contributed by atoms with E-state index in [9.17, 15) is 14.7 Å². The second-order valence-corrected chi connectivity index (χ2v) is 12.3. The molecule has 41 heavy (non-hydrogen) atoms. The van der Waals surface area contributed by atoms with E-state index in [0.717, 1.165) is 36.1 Å². The lowest BCUT2D eigenvalue weighted by molar-refractivity contribution is -0.144. The minimum Gasteiger partial charge on any atom is -0.481 e. The third-order valence-corrected chi connectivity index (χ3v) is 9.33. The molecule has 0 radical (unpaired) electrons. The number of nitrogens with zero attached hydrogens (tertiary/aromatic N) is 2. The molecule has 3 aliphatic rings. The molecule has 8 nitrogen and oxygen atoms in total. The van der Waals surface area contributed by atoms with Crippen molar-refractivity contribution in [1.29, 1.82) is 0 Å². The van der Waals surface area contributed by atoms with Crippen LogP contribution in [0.15, 0.2) is 54.6 Å². The summed E-state index contributed by atoms with van der Waals surface area (Å²) in [6.45, 7) is 10.3. The van der Waals surface area contributed by atoms with Crippen molar-refractivity contribution in [3.05, 3.63) is 65.7 Å². The SMILES string of the molecule is C/C=C/C(C)(C)[C@@H]1CC12[C@H](C(=O)O)[C@@H](c1ccc3c(c1)OCO3)CN2CC(=O)N(CCCC)c1cccc(CN)c1. The average Bonchev–Trinajstić information content (AvgIpc) is 3.38. The summed E-state index contributed by atoms with van der Waals surface area (Å²) in [5.41, 5.74) is 7.78. The topological polar surface area (TPSA) is 105 Å². The van der Waals surface area contributed by atoms with Crippen LogP contribution in [0.25, 0.3) is 0 Å². The molecule has 2 aliphatic heterocycles. The number of aliphatic carboxylic acids is 1. The predicted octanol–water partition coefficient (Wildman–Crippen LogP) is 5.17. The number of carbonyl (C=O) groups excluding carboxylic acids is 1. The van der Waals surface area contributed by atoms with Crippen molar-refractivity contribution < 1.29 is 24.2 Å². The lowest BCUT2D eigenvalue weighted by atomic mass is 9.77. The molecule has 1 saturated carbocycles. The van der Waals surface area contributed by atoms with Crippen molar-refractivity contribution in [3.63, 3.8) is 0 Å². The summed E-state index contributed by atoms with van der Waals surface area (Å²) < 4.78 is 11.1. The van der Waals surface area contributed by atoms with E-state index in [0.29, 0.717) is 31.1 Å². The van der Waals surface area contributed by atoms with Crippen LogP contribution in [0.5, 0.6) is 11.5 Å². The fourth-order valence-corrected chi connectivity index (χ4v) is 7.33. The number of carboxylic acid groups (broad SMARTS) is 1. The summed E-state index contributed by atoms with van der Waals surface area (Å²) >= 11 is 0. The first kappa shape index (κ1) is 29.1. The van der Waals surface area contributed by atoms with Gasteiger partial charge in [0.05, 0.1) is 12.5 Å². The van der Waals surface area contributed by atoms with E-state index in [1.807, 2.05) is 60.4 Å². The Morgan fingerprint density at radius 2 is 1.98 bits per heavy atom. The zero-order valence-corrected chi connectivity index (χ0v) is 24.6. The Morgan fingerprint density at radius 3 is 2.68 bits per heavy atom. The number of rotatable bonds is 11. The zero-order valence-electron chi connectivity index (χ0n) is 24.6. The number of ether oxygens (including phenoxy) is 2. The molecule has 0 aromatic heterocycles. The molecule has 2 aromatic rings. The lowest BCUT2D eigenvalue weighted by Gasteiger charge is -2.34. The van der Waals surface area contributed by atoms with Gasteiger partial charge in [0.25, 0.3) is 0 Å². The summed E-state index contributed by atoms with van der Waals surface area (Å²) in [5.74, 6) is -0.367. The maximum Gasteiger partial charge on any atom is 0.309 e. The molecule has 1 unspecified atom stereocenters. The van der Waals surface area contributed by atoms with Crippen molar-refractivity contribution in [1.82, 2.24) is 4.90 Å². The minimum absolute atomic E-state index is 0.0167. The smallest absolute Gasteiger partial charge is 0.309 e. The molecule has 2 aromatic carbocycles. The van der Waals surface area contributed by atoms with Gasteiger partial charge in [0.1, 0.15) is 0 Å². The second-order valence-electron chi connectivity index (χ2n) is 12.3. The number of likely N-dealkylation sites (tertiary alicyclic amines) is 1. The second kappa shape index (κ2) is 11.5. The van der Waals surface area contributed by atoms with Crippen LogP contribution >= 0.6 is 0 Å². The van der Waals surface area contributed by atoms with Crippen molar-refractivity contribution in [2.45, 2.75) is 65.0 Å². The van der Waals surface area contributed by atoms with Gasteiger partial charge in [-0.15, -0.1) is 0 Å². The van der Waals surface area contributed by atoms with Crippen LogP contribution in [0.3, 0.4) is 0 Å². The molecule has 1 amide bonds. The van der Waals surface area contributed by atoms with Crippen LogP contribution in [-0.4, -0.2) is 53.8 Å². The molecule has 1 spiro atoms. The molecule has 1 aliphatic carbocycles. The molecular weight excluding hydrogens is 518 g/mol. The first-order valence-corrected chi connectivity index (χ1v) is 14.8. The molecule has 2 fully saturated rings. The van der Waals surface area contributed by atoms with Gasteiger partial charge in [-0.2, -0.15) is 0 Å². The number of allylic oxidation sites excluding steroid dienone is 2. The maximum absolute atomic E-state index is 14.1. The lowest BCUT2D eigenvalue weighted by Crippen LogP contribution is -2.48. The number of anilines is 1. The minimum atomic E-state index is -0.820. The van der Waals surface area contributed by atoms with Crippen LogP contribution in [0.4, 0.5) is 5.69 Å². The van der Waals surface area contributed by atoms with E-state index < -0.39 is 17.4 Å². The fourth-order valence-electron chi connectivity index (χ4n) is 7.33. The maximum atomic E-state index is 14.1. The van der Waals surface area contributed by atoms with Gasteiger partial charge < -0.3 is 25.2 Å². The summed E-state index contributed by atoms with van der Waals surface area (Å²) in [7, 11) is 0. The van der Waals surface area contributed by atoms with E-state index in [1.165, 1.54) is 0 Å². The normalized spacial score (nSPS) is 25.2. The summed E-state index contributed by atoms with van der Waals surface area (Å²) in [4.78, 5) is 31.3. The largest absolute Gasteiger partial charge is 0.481 e. The molecule has 3 N–H and O–H groups in total. The quantitative estimate of drug-likeness (QED) is 0.365. The highest BCUT2D eigenvalue weighted by Crippen LogP contribution is 2.67. The molecule has 0 bridgehead atoms. The van der Waals surface area contributed by atoms with Crippen LogP contribution in [-0.2, 0) is 16.1 Å². The highest BCUT2D eigenvalue weighted by molar-refractivity contribution is 5.95. The number of unbranched alkanes of at least 4 members (excludes halogenated alkanes) is 1. The summed E-state index contributed by atoms with van der Waals surface area (Å²) in [6.07, 6.45) is 6.77. The third-order valence-electron chi connectivity index (χ3n) is 9.33. The van der Waals surface area contributed by atoms with Gasteiger partial charge in [0.2, 0.25) is 12.7 Å². The number of carbonyl (C=O) groups is 2. The van der Waals surface area contributed by atoms with Gasteiger partial charge in [-0.05, 0) is 66.5 Å². The molecule has 220 valence electrons. The predicted molar refractivity (Wildman–Crippen MR) is 159 cm³/mol. The summed E-state index contributed by atoms with van der Waals surface area (Å²) in [5, 5.41) is 10.7. The number of nitrogens with two attached hydrogens (primary N) is 1. The fraction of sp³-hybridized carbons (Fsp3) is 0.515. The highest BCUT2D eigenvalue weighted by atomic mass is 16.7. The van der Waals surface area contributed by atoms with E-state index in [-0.39, 0.29) is 36.5 Å². The van der Waals surface area contributed by atoms with Gasteiger partial charge in [-0.25, -0.2) is 0 Å². The molecule has 5 rings (SSSR count). The number of hydrogen-bond acceptors (Lipinski definition) is 6. The Morgan fingerprint density at radius 1 is 1.20 bits per heavy atom. The number of fused-ring (bicyclic) bond motifs is 1. The van der Waals surface area contributed by atoms with E-state index in [4.69, 9.17) is 15.2 Å². The Bertz CT molecular complexity index is 1320. The van der Waals surface area contributed by atoms with Crippen LogP contribution in [0.2, 0.25) is 0 Å². The van der Waals surface area contributed by atoms with Crippen molar-refractivity contribution in [2.75, 3.05) is 31.3 Å². The highest BCUT2D eigenvalue weighted by Gasteiger charge is 2.73. The van der Waals surface area contributed by atoms with E-state index >= 15 is 0 Å². The monoisotopic (exact) mass is 561 g/mol. The molecular formula is C33H43N3O5. The standard InChI is InChI=1S/C33H43N3O5/c1-5-7-14-36(24-10-8-9-22(15-24)18-34)29(37)20-35-19-25(23-11-12-26-27(16-23)41-21-40-26)30(31(38)39)33(35)17-28(33)32(3,4)13-6-2/h6,8-13,15-16,25,28,30H,5,7,14,17-21,34H2,1-4H3,(H,38,39)/b13-6+/t25-,28+,30+,33?/m1/s1.